The van der Waals surface area contributed by atoms with Gasteiger partial charge in [0.1, 0.15) is 5.75 Å². The Kier molecular flexibility index (Phi) is 4.06. The third kappa shape index (κ3) is 3.48. The molecule has 2 rings (SSSR count). The van der Waals surface area contributed by atoms with Crippen LogP contribution >= 0.6 is 0 Å². The molecule has 2 aromatic rings. The monoisotopic (exact) mass is 264 g/mol. The molecule has 100 valence electrons. The van der Waals surface area contributed by atoms with Gasteiger partial charge in [-0.2, -0.15) is 4.39 Å². The van der Waals surface area contributed by atoms with Gasteiger partial charge in [-0.15, -0.1) is 0 Å². The summed E-state index contributed by atoms with van der Waals surface area (Å²) in [6.45, 7) is 1.87. The smallest absolute Gasteiger partial charge is 0.201 e. The van der Waals surface area contributed by atoms with Crippen LogP contribution in [0.2, 0.25) is 0 Å². The highest BCUT2D eigenvalue weighted by atomic mass is 19.2. The van der Waals surface area contributed by atoms with E-state index < -0.39 is 11.6 Å². The first-order chi connectivity index (χ1) is 9.06. The van der Waals surface area contributed by atoms with E-state index in [-0.39, 0.29) is 11.8 Å². The van der Waals surface area contributed by atoms with Gasteiger partial charge in [0.2, 0.25) is 5.82 Å². The van der Waals surface area contributed by atoms with Crippen molar-refractivity contribution in [2.75, 3.05) is 0 Å². The lowest BCUT2D eigenvalue weighted by Crippen LogP contribution is -2.17. The van der Waals surface area contributed by atoms with E-state index in [1.54, 1.807) is 12.3 Å². The SMILES string of the molecule is CC(N)Cc1cncc(Oc2cccc(F)c2F)c1. The van der Waals surface area contributed by atoms with Gasteiger partial charge in [-0.3, -0.25) is 4.98 Å². The summed E-state index contributed by atoms with van der Waals surface area (Å²) in [5.41, 5.74) is 6.57. The lowest BCUT2D eigenvalue weighted by atomic mass is 10.1. The van der Waals surface area contributed by atoms with E-state index in [4.69, 9.17) is 10.5 Å². The van der Waals surface area contributed by atoms with Crippen molar-refractivity contribution in [3.05, 3.63) is 53.9 Å². The topological polar surface area (TPSA) is 48.1 Å². The Morgan fingerprint density at radius 2 is 2.11 bits per heavy atom. The molecule has 0 aliphatic rings. The fourth-order valence-electron chi connectivity index (χ4n) is 1.69. The quantitative estimate of drug-likeness (QED) is 0.923. The fourth-order valence-corrected chi connectivity index (χ4v) is 1.69. The molecule has 19 heavy (non-hydrogen) atoms. The zero-order valence-electron chi connectivity index (χ0n) is 10.4. The van der Waals surface area contributed by atoms with Crippen LogP contribution in [0.3, 0.4) is 0 Å². The number of aromatic nitrogens is 1. The highest BCUT2D eigenvalue weighted by Gasteiger charge is 2.10. The van der Waals surface area contributed by atoms with Crippen LogP contribution in [0.5, 0.6) is 11.5 Å². The minimum atomic E-state index is -1.01. The number of halogens is 2. The average molecular weight is 264 g/mol. The fraction of sp³-hybridized carbons (Fsp3) is 0.214. The van der Waals surface area contributed by atoms with Crippen molar-refractivity contribution >= 4 is 0 Å². The average Bonchev–Trinajstić information content (AvgIpc) is 2.35. The molecule has 1 aromatic carbocycles. The van der Waals surface area contributed by atoms with Crippen molar-refractivity contribution < 1.29 is 13.5 Å². The number of hydrogen-bond donors (Lipinski definition) is 1. The second kappa shape index (κ2) is 5.75. The number of nitrogens with two attached hydrogens (primary N) is 1. The van der Waals surface area contributed by atoms with Crippen molar-refractivity contribution in [2.24, 2.45) is 5.73 Å². The molecule has 1 aromatic heterocycles. The van der Waals surface area contributed by atoms with Gasteiger partial charge in [0.15, 0.2) is 11.6 Å². The van der Waals surface area contributed by atoms with Crippen LogP contribution in [-0.2, 0) is 6.42 Å². The predicted octanol–water partition coefficient (Wildman–Crippen LogP) is 3.04. The minimum absolute atomic E-state index is 0.0112. The van der Waals surface area contributed by atoms with E-state index in [9.17, 15) is 8.78 Å². The normalized spacial score (nSPS) is 12.2. The molecule has 0 bridgehead atoms. The second-order valence-corrected chi connectivity index (χ2v) is 4.36. The Labute approximate surface area is 110 Å². The van der Waals surface area contributed by atoms with Crippen LogP contribution in [0.15, 0.2) is 36.7 Å². The summed E-state index contributed by atoms with van der Waals surface area (Å²) in [6.07, 6.45) is 3.74. The highest BCUT2D eigenvalue weighted by molar-refractivity contribution is 5.33. The standard InChI is InChI=1S/C14H14F2N2O/c1-9(17)5-10-6-11(8-18-7-10)19-13-4-2-3-12(15)14(13)16/h2-4,6-9H,5,17H2,1H3. The van der Waals surface area contributed by atoms with E-state index >= 15 is 0 Å². The van der Waals surface area contributed by atoms with Crippen LogP contribution in [0.1, 0.15) is 12.5 Å². The predicted molar refractivity (Wildman–Crippen MR) is 68.0 cm³/mol. The molecular formula is C14H14F2N2O. The molecule has 0 aliphatic heterocycles. The second-order valence-electron chi connectivity index (χ2n) is 4.36. The van der Waals surface area contributed by atoms with Gasteiger partial charge in [0.05, 0.1) is 6.20 Å². The van der Waals surface area contributed by atoms with E-state index in [2.05, 4.69) is 4.98 Å². The maximum atomic E-state index is 13.5. The molecule has 1 atom stereocenters. The van der Waals surface area contributed by atoms with Crippen molar-refractivity contribution in [1.82, 2.24) is 4.98 Å². The van der Waals surface area contributed by atoms with Gasteiger partial charge in [-0.05, 0) is 37.1 Å². The molecule has 0 aliphatic carbocycles. The summed E-state index contributed by atoms with van der Waals surface area (Å²) in [5.74, 6) is -1.78. The van der Waals surface area contributed by atoms with Gasteiger partial charge in [0.25, 0.3) is 0 Å². The molecule has 1 heterocycles. The summed E-state index contributed by atoms with van der Waals surface area (Å²) in [5, 5.41) is 0. The molecule has 0 spiro atoms. The van der Waals surface area contributed by atoms with Gasteiger partial charge < -0.3 is 10.5 Å². The molecule has 0 saturated carbocycles. The molecular weight excluding hydrogens is 250 g/mol. The van der Waals surface area contributed by atoms with Gasteiger partial charge in [0, 0.05) is 12.2 Å². The number of ether oxygens (including phenoxy) is 1. The van der Waals surface area contributed by atoms with E-state index in [1.807, 2.05) is 6.92 Å². The third-order valence-corrected chi connectivity index (χ3v) is 2.47. The Morgan fingerprint density at radius 1 is 1.32 bits per heavy atom. The number of hydrogen-bond acceptors (Lipinski definition) is 3. The minimum Gasteiger partial charge on any atom is -0.453 e. The molecule has 0 amide bonds. The molecule has 0 fully saturated rings. The zero-order valence-corrected chi connectivity index (χ0v) is 10.4. The van der Waals surface area contributed by atoms with E-state index in [0.717, 1.165) is 11.6 Å². The molecule has 1 unspecified atom stereocenters. The first-order valence-corrected chi connectivity index (χ1v) is 5.87. The third-order valence-electron chi connectivity index (χ3n) is 2.47. The summed E-state index contributed by atoms with van der Waals surface area (Å²) in [4.78, 5) is 3.99. The maximum Gasteiger partial charge on any atom is 0.201 e. The maximum absolute atomic E-state index is 13.5. The Hall–Kier alpha value is -2.01. The Morgan fingerprint density at radius 3 is 2.84 bits per heavy atom. The van der Waals surface area contributed by atoms with Crippen LogP contribution in [0.4, 0.5) is 8.78 Å². The largest absolute Gasteiger partial charge is 0.453 e. The number of benzene rings is 1. The van der Waals surface area contributed by atoms with Gasteiger partial charge in [-0.1, -0.05) is 6.07 Å². The number of rotatable bonds is 4. The van der Waals surface area contributed by atoms with Crippen LogP contribution in [-0.4, -0.2) is 11.0 Å². The van der Waals surface area contributed by atoms with E-state index in [1.165, 1.54) is 18.3 Å². The summed E-state index contributed by atoms with van der Waals surface area (Å²) < 4.78 is 31.8. The van der Waals surface area contributed by atoms with Gasteiger partial charge in [-0.25, -0.2) is 4.39 Å². The van der Waals surface area contributed by atoms with Crippen LogP contribution < -0.4 is 10.5 Å². The Bertz CT molecular complexity index is 573. The molecule has 0 saturated heterocycles. The molecule has 0 radical (unpaired) electrons. The van der Waals surface area contributed by atoms with E-state index in [0.29, 0.717) is 12.2 Å². The highest BCUT2D eigenvalue weighted by Crippen LogP contribution is 2.25. The van der Waals surface area contributed by atoms with Crippen molar-refractivity contribution in [2.45, 2.75) is 19.4 Å². The van der Waals surface area contributed by atoms with Crippen molar-refractivity contribution in [1.29, 1.82) is 0 Å². The first kappa shape index (κ1) is 13.4. The van der Waals surface area contributed by atoms with Crippen LogP contribution in [0, 0.1) is 11.6 Å². The van der Waals surface area contributed by atoms with Crippen molar-refractivity contribution in [3.63, 3.8) is 0 Å². The van der Waals surface area contributed by atoms with Crippen LogP contribution in [0.25, 0.3) is 0 Å². The molecule has 3 nitrogen and oxygen atoms in total. The zero-order chi connectivity index (χ0) is 13.8. The Balaban J connectivity index is 2.21. The lowest BCUT2D eigenvalue weighted by molar-refractivity contribution is 0.414. The summed E-state index contributed by atoms with van der Waals surface area (Å²) in [6, 6.07) is 5.47. The summed E-state index contributed by atoms with van der Waals surface area (Å²) >= 11 is 0. The molecule has 5 heteroatoms. The lowest BCUT2D eigenvalue weighted by Gasteiger charge is -2.09. The number of nitrogens with zero attached hydrogens (tertiary/aromatic N) is 1. The summed E-state index contributed by atoms with van der Waals surface area (Å²) in [7, 11) is 0. The van der Waals surface area contributed by atoms with Crippen molar-refractivity contribution in [3.8, 4) is 11.5 Å². The molecule has 2 N–H and O–H groups in total. The van der Waals surface area contributed by atoms with Gasteiger partial charge >= 0.3 is 0 Å². The first-order valence-electron chi connectivity index (χ1n) is 5.87. The number of pyridine rings is 1.